The van der Waals surface area contributed by atoms with Gasteiger partial charge in [-0.05, 0) is 76.9 Å². The van der Waals surface area contributed by atoms with E-state index < -0.39 is 0 Å². The predicted octanol–water partition coefficient (Wildman–Crippen LogP) is 9.87. The van der Waals surface area contributed by atoms with Crippen molar-refractivity contribution in [2.45, 2.75) is 53.4 Å². The van der Waals surface area contributed by atoms with Gasteiger partial charge in [-0.25, -0.2) is 0 Å². The van der Waals surface area contributed by atoms with E-state index in [1.807, 2.05) is 12.5 Å². The molecule has 0 fully saturated rings. The van der Waals surface area contributed by atoms with Crippen molar-refractivity contribution in [3.8, 4) is 22.6 Å². The van der Waals surface area contributed by atoms with E-state index in [9.17, 15) is 0 Å². The quantitative estimate of drug-likeness (QED) is 0.248. The van der Waals surface area contributed by atoms with Crippen LogP contribution in [0.3, 0.4) is 0 Å². The van der Waals surface area contributed by atoms with Crippen LogP contribution in [0, 0.1) is 12.8 Å². The van der Waals surface area contributed by atoms with E-state index in [2.05, 4.69) is 102 Å². The summed E-state index contributed by atoms with van der Waals surface area (Å²) in [5.74, 6) is 1.44. The highest BCUT2D eigenvalue weighted by Crippen LogP contribution is 2.42. The Labute approximate surface area is 218 Å². The van der Waals surface area contributed by atoms with Crippen LogP contribution in [0.15, 0.2) is 82.0 Å². The molecule has 3 heterocycles. The molecule has 0 N–H and O–H groups in total. The van der Waals surface area contributed by atoms with Gasteiger partial charge in [0.25, 0.3) is 0 Å². The number of hydrogen-bond donors (Lipinski definition) is 0. The maximum Gasteiger partial charge on any atom is 0.161 e. The van der Waals surface area contributed by atoms with Crippen LogP contribution in [-0.4, -0.2) is 4.98 Å². The second-order valence-electron chi connectivity index (χ2n) is 11.7. The van der Waals surface area contributed by atoms with Crippen molar-refractivity contribution in [2.75, 3.05) is 0 Å². The molecule has 0 spiro atoms. The average molecular weight is 488 g/mol. The van der Waals surface area contributed by atoms with E-state index in [1.54, 1.807) is 0 Å². The van der Waals surface area contributed by atoms with Gasteiger partial charge in [-0.15, -0.1) is 0 Å². The third-order valence-corrected chi connectivity index (χ3v) is 7.32. The number of aryl methyl sites for hydroxylation is 1. The number of aromatic nitrogens is 1. The van der Waals surface area contributed by atoms with Crippen molar-refractivity contribution in [1.29, 1.82) is 0 Å². The lowest BCUT2D eigenvalue weighted by atomic mass is 9.82. The highest BCUT2D eigenvalue weighted by atomic mass is 16.3. The Morgan fingerprint density at radius 3 is 2.49 bits per heavy atom. The summed E-state index contributed by atoms with van der Waals surface area (Å²) in [5, 5.41) is 4.67. The van der Waals surface area contributed by atoms with E-state index in [1.165, 1.54) is 21.9 Å². The Balaban J connectivity index is 1.56. The number of nitrogens with zero attached hydrogens (tertiary/aromatic N) is 1. The summed E-state index contributed by atoms with van der Waals surface area (Å²) in [5.41, 5.74) is 8.36. The molecule has 186 valence electrons. The van der Waals surface area contributed by atoms with Crippen LogP contribution in [-0.2, 0) is 11.8 Å². The van der Waals surface area contributed by atoms with Crippen molar-refractivity contribution < 1.29 is 8.83 Å². The van der Waals surface area contributed by atoms with Crippen LogP contribution in [0.2, 0.25) is 0 Å². The third-order valence-electron chi connectivity index (χ3n) is 7.32. The zero-order chi connectivity index (χ0) is 25.9. The van der Waals surface area contributed by atoms with Crippen molar-refractivity contribution in [3.63, 3.8) is 0 Å². The molecular formula is C34H33NO2. The molecule has 0 unspecified atom stereocenters. The zero-order valence-electron chi connectivity index (χ0n) is 22.5. The summed E-state index contributed by atoms with van der Waals surface area (Å²) in [4.78, 5) is 4.83. The van der Waals surface area contributed by atoms with Crippen molar-refractivity contribution >= 4 is 32.7 Å². The summed E-state index contributed by atoms with van der Waals surface area (Å²) < 4.78 is 12.6. The maximum absolute atomic E-state index is 6.67. The first-order valence-corrected chi connectivity index (χ1v) is 13.1. The van der Waals surface area contributed by atoms with Crippen molar-refractivity contribution in [2.24, 2.45) is 5.92 Å². The van der Waals surface area contributed by atoms with Gasteiger partial charge in [0.15, 0.2) is 5.58 Å². The standard InChI is InChI=1S/C34H33NO2/c1-20(2)15-22-11-12-30-27(16-22)28(19-36-30)32-21(3)25-13-14-35-31(33(25)37-32)24-17-23-9-7-8-10-26(23)29(18-24)34(4,5)6/h7-14,16-20H,15H2,1-6H3. The maximum atomic E-state index is 6.67. The molecule has 0 saturated heterocycles. The Hall–Kier alpha value is -3.85. The number of fused-ring (bicyclic) bond motifs is 3. The largest absolute Gasteiger partial charge is 0.464 e. The third kappa shape index (κ3) is 4.03. The summed E-state index contributed by atoms with van der Waals surface area (Å²) in [6, 6.07) is 21.7. The summed E-state index contributed by atoms with van der Waals surface area (Å²) in [6.07, 6.45) is 4.76. The minimum Gasteiger partial charge on any atom is -0.464 e. The summed E-state index contributed by atoms with van der Waals surface area (Å²) in [7, 11) is 0. The molecule has 3 nitrogen and oxygen atoms in total. The van der Waals surface area contributed by atoms with Crippen LogP contribution in [0.4, 0.5) is 0 Å². The van der Waals surface area contributed by atoms with E-state index in [0.29, 0.717) is 5.92 Å². The van der Waals surface area contributed by atoms with Gasteiger partial charge in [0.05, 0.1) is 5.56 Å². The van der Waals surface area contributed by atoms with E-state index in [-0.39, 0.29) is 5.41 Å². The fourth-order valence-corrected chi connectivity index (χ4v) is 5.53. The van der Waals surface area contributed by atoms with E-state index >= 15 is 0 Å². The van der Waals surface area contributed by atoms with Gasteiger partial charge in [0.1, 0.15) is 23.3 Å². The summed E-state index contributed by atoms with van der Waals surface area (Å²) in [6.45, 7) is 13.4. The van der Waals surface area contributed by atoms with Gasteiger partial charge in [0, 0.05) is 28.1 Å². The molecule has 0 bridgehead atoms. The van der Waals surface area contributed by atoms with Crippen LogP contribution < -0.4 is 0 Å². The SMILES string of the molecule is Cc1c(-c2coc3ccc(CC(C)C)cc23)oc2c(-c3cc(C(C)(C)C)c4ccccc4c3)nccc12. The zero-order valence-corrected chi connectivity index (χ0v) is 22.5. The molecular weight excluding hydrogens is 454 g/mol. The monoisotopic (exact) mass is 487 g/mol. The van der Waals surface area contributed by atoms with Crippen LogP contribution in [0.25, 0.3) is 55.3 Å². The highest BCUT2D eigenvalue weighted by molar-refractivity contribution is 6.02. The molecule has 0 aliphatic rings. The number of rotatable bonds is 4. The molecule has 0 amide bonds. The average Bonchev–Trinajstić information content (AvgIpc) is 3.42. The fourth-order valence-electron chi connectivity index (χ4n) is 5.53. The topological polar surface area (TPSA) is 39.2 Å². The number of furan rings is 2. The second-order valence-corrected chi connectivity index (χ2v) is 11.7. The predicted molar refractivity (Wildman–Crippen MR) is 154 cm³/mol. The lowest BCUT2D eigenvalue weighted by Gasteiger charge is -2.22. The summed E-state index contributed by atoms with van der Waals surface area (Å²) >= 11 is 0. The van der Waals surface area contributed by atoms with E-state index in [4.69, 9.17) is 13.8 Å². The normalized spacial score (nSPS) is 12.4. The van der Waals surface area contributed by atoms with Gasteiger partial charge in [-0.2, -0.15) is 0 Å². The van der Waals surface area contributed by atoms with E-state index in [0.717, 1.165) is 56.5 Å². The molecule has 0 aliphatic heterocycles. The van der Waals surface area contributed by atoms with Crippen LogP contribution >= 0.6 is 0 Å². The van der Waals surface area contributed by atoms with Gasteiger partial charge in [0.2, 0.25) is 0 Å². The number of pyridine rings is 1. The van der Waals surface area contributed by atoms with Crippen LogP contribution in [0.1, 0.15) is 51.3 Å². The van der Waals surface area contributed by atoms with Gasteiger partial charge >= 0.3 is 0 Å². The number of benzene rings is 3. The van der Waals surface area contributed by atoms with Crippen molar-refractivity contribution in [1.82, 2.24) is 4.98 Å². The molecule has 0 aliphatic carbocycles. The Morgan fingerprint density at radius 1 is 0.892 bits per heavy atom. The minimum atomic E-state index is -0.00283. The Bertz CT molecular complexity index is 1780. The smallest absolute Gasteiger partial charge is 0.161 e. The molecule has 0 saturated carbocycles. The molecule has 6 aromatic rings. The first-order chi connectivity index (χ1) is 17.7. The second kappa shape index (κ2) is 8.62. The molecule has 37 heavy (non-hydrogen) atoms. The highest BCUT2D eigenvalue weighted by Gasteiger charge is 2.23. The molecule has 3 aromatic carbocycles. The Kier molecular flexibility index (Phi) is 5.49. The lowest BCUT2D eigenvalue weighted by molar-refractivity contribution is 0.596. The number of hydrogen-bond acceptors (Lipinski definition) is 3. The molecule has 0 atom stereocenters. The molecule has 3 heteroatoms. The minimum absolute atomic E-state index is 0.00283. The fraction of sp³-hybridized carbons (Fsp3) is 0.265. The Morgan fingerprint density at radius 2 is 1.70 bits per heavy atom. The van der Waals surface area contributed by atoms with Crippen molar-refractivity contribution in [3.05, 3.63) is 89.8 Å². The van der Waals surface area contributed by atoms with Gasteiger partial charge in [-0.1, -0.05) is 65.0 Å². The van der Waals surface area contributed by atoms with Gasteiger partial charge < -0.3 is 8.83 Å². The van der Waals surface area contributed by atoms with Crippen LogP contribution in [0.5, 0.6) is 0 Å². The first kappa shape index (κ1) is 23.5. The molecule has 0 radical (unpaired) electrons. The lowest BCUT2D eigenvalue weighted by Crippen LogP contribution is -2.12. The van der Waals surface area contributed by atoms with Gasteiger partial charge in [-0.3, -0.25) is 4.98 Å². The molecule has 6 rings (SSSR count). The molecule has 3 aromatic heterocycles. The first-order valence-electron chi connectivity index (χ1n) is 13.1.